The summed E-state index contributed by atoms with van der Waals surface area (Å²) < 4.78 is 62.5. The number of nitrogens with one attached hydrogen (secondary N) is 2. The Morgan fingerprint density at radius 1 is 0.829 bits per heavy atom. The molecule has 2 aromatic heterocycles. The van der Waals surface area contributed by atoms with Gasteiger partial charge < -0.3 is 14.8 Å². The number of carbonyl (C=O) groups excluding carboxylic acids is 2. The monoisotopic (exact) mass is 518 g/mol. The number of nitrogens with zero attached hydrogens (tertiary/aromatic N) is 2. The number of carbonyl (C=O) groups is 2. The smallest absolute Gasteiger partial charge is 0.376 e. The van der Waals surface area contributed by atoms with E-state index >= 15 is 0 Å². The molecule has 4 rings (SSSR count). The third kappa shape index (κ3) is 7.91. The fourth-order valence-electron chi connectivity index (χ4n) is 2.95. The fraction of sp³-hybridized carbons (Fsp3) is 0.455. The number of aromatic nitrogens is 2. The Hall–Kier alpha value is -3.22. The summed E-state index contributed by atoms with van der Waals surface area (Å²) in [6, 6.07) is 2.97. The van der Waals surface area contributed by atoms with Gasteiger partial charge in [0.05, 0.1) is 0 Å². The Morgan fingerprint density at radius 2 is 1.29 bits per heavy atom. The van der Waals surface area contributed by atoms with Gasteiger partial charge in [0.15, 0.2) is 5.75 Å². The van der Waals surface area contributed by atoms with Crippen LogP contribution in [-0.2, 0) is 32.5 Å². The highest BCUT2D eigenvalue weighted by molar-refractivity contribution is 7.88. The van der Waals surface area contributed by atoms with E-state index in [1.165, 1.54) is 11.1 Å². The van der Waals surface area contributed by atoms with Crippen LogP contribution in [0.1, 0.15) is 57.2 Å². The van der Waals surface area contributed by atoms with Crippen LogP contribution in [0.2, 0.25) is 0 Å². The first-order valence-corrected chi connectivity index (χ1v) is 12.4. The third-order valence-corrected chi connectivity index (χ3v) is 5.47. The van der Waals surface area contributed by atoms with E-state index in [1.54, 1.807) is 6.20 Å². The molecule has 2 aliphatic heterocycles. The van der Waals surface area contributed by atoms with E-state index in [4.69, 9.17) is 0 Å². The number of fused-ring (bicyclic) bond motifs is 2. The lowest BCUT2D eigenvalue weighted by molar-refractivity contribution is -0.117. The van der Waals surface area contributed by atoms with Gasteiger partial charge in [0.25, 0.3) is 0 Å². The standard InChI is InChI=1S/C9H7F3N2O4S.C9H10N2O.2C2H6/c10-9(11,12)19(16,17)18-6-3-4-13-8-5(6)1-2-7(15)14-8;1-6-4-5-10-9-7(6)2-3-8(12)11-9;2*1-2/h3-4H,1-2H2,(H,13,14,15);4-5H,2-3H2,1H3,(H,10,11,12);2*1-2H3. The molecule has 0 radical (unpaired) electrons. The molecule has 0 fully saturated rings. The third-order valence-electron chi connectivity index (χ3n) is 4.51. The Kier molecular flexibility index (Phi) is 11.1. The van der Waals surface area contributed by atoms with Crippen LogP contribution in [-0.4, -0.2) is 35.7 Å². The van der Waals surface area contributed by atoms with Gasteiger partial charge >= 0.3 is 15.6 Å². The first kappa shape index (κ1) is 29.8. The average molecular weight is 519 g/mol. The second-order valence-corrected chi connectivity index (χ2v) is 8.21. The molecule has 194 valence electrons. The van der Waals surface area contributed by atoms with E-state index < -0.39 is 21.4 Å². The van der Waals surface area contributed by atoms with Gasteiger partial charge in [0.2, 0.25) is 11.8 Å². The summed E-state index contributed by atoms with van der Waals surface area (Å²) >= 11 is 0. The second-order valence-electron chi connectivity index (χ2n) is 6.67. The number of pyridine rings is 2. The average Bonchev–Trinajstić information content (AvgIpc) is 2.81. The summed E-state index contributed by atoms with van der Waals surface area (Å²) in [4.78, 5) is 29.9. The van der Waals surface area contributed by atoms with Crippen LogP contribution in [0, 0.1) is 6.92 Å². The first-order valence-electron chi connectivity index (χ1n) is 11.0. The zero-order chi connectivity index (χ0) is 26.8. The molecule has 0 saturated carbocycles. The number of aryl methyl sites for hydroxylation is 1. The Labute approximate surface area is 202 Å². The molecule has 0 unspecified atom stereocenters. The van der Waals surface area contributed by atoms with Crippen molar-refractivity contribution in [2.75, 3.05) is 10.6 Å². The van der Waals surface area contributed by atoms with Crippen LogP contribution in [0.3, 0.4) is 0 Å². The highest BCUT2D eigenvalue weighted by Gasteiger charge is 2.49. The Balaban J connectivity index is 0.000000328. The molecule has 35 heavy (non-hydrogen) atoms. The minimum Gasteiger partial charge on any atom is -0.376 e. The maximum atomic E-state index is 12.2. The molecule has 0 bridgehead atoms. The summed E-state index contributed by atoms with van der Waals surface area (Å²) in [7, 11) is -5.74. The molecule has 0 saturated heterocycles. The molecule has 0 aliphatic carbocycles. The zero-order valence-electron chi connectivity index (χ0n) is 20.1. The number of alkyl halides is 3. The van der Waals surface area contributed by atoms with Crippen molar-refractivity contribution in [1.82, 2.24) is 9.97 Å². The van der Waals surface area contributed by atoms with Crippen LogP contribution < -0.4 is 14.8 Å². The van der Waals surface area contributed by atoms with Crippen molar-refractivity contribution in [3.63, 3.8) is 0 Å². The molecule has 0 atom stereocenters. The summed E-state index contributed by atoms with van der Waals surface area (Å²) in [6.07, 6.45) is 4.24. The van der Waals surface area contributed by atoms with Crippen molar-refractivity contribution in [1.29, 1.82) is 0 Å². The van der Waals surface area contributed by atoms with E-state index in [9.17, 15) is 31.2 Å². The van der Waals surface area contributed by atoms with E-state index in [-0.39, 0.29) is 36.0 Å². The van der Waals surface area contributed by atoms with E-state index in [1.807, 2.05) is 40.7 Å². The van der Waals surface area contributed by atoms with Crippen LogP contribution in [0.25, 0.3) is 0 Å². The maximum absolute atomic E-state index is 12.2. The minimum atomic E-state index is -5.74. The van der Waals surface area contributed by atoms with Crippen molar-refractivity contribution < 1.29 is 35.4 Å². The predicted octanol–water partition coefficient (Wildman–Crippen LogP) is 4.52. The normalized spacial score (nSPS) is 14.1. The minimum absolute atomic E-state index is 0.00567. The van der Waals surface area contributed by atoms with Crippen molar-refractivity contribution in [3.8, 4) is 5.75 Å². The first-order chi connectivity index (χ1) is 16.5. The van der Waals surface area contributed by atoms with Crippen molar-refractivity contribution in [2.24, 2.45) is 0 Å². The molecule has 0 spiro atoms. The van der Waals surface area contributed by atoms with Gasteiger partial charge in [-0.15, -0.1) is 0 Å². The van der Waals surface area contributed by atoms with Gasteiger partial charge in [-0.2, -0.15) is 21.6 Å². The van der Waals surface area contributed by atoms with Crippen molar-refractivity contribution in [2.45, 2.75) is 65.8 Å². The van der Waals surface area contributed by atoms with Crippen molar-refractivity contribution in [3.05, 3.63) is 41.2 Å². The number of amides is 2. The van der Waals surface area contributed by atoms with Crippen LogP contribution >= 0.6 is 0 Å². The van der Waals surface area contributed by atoms with Gasteiger partial charge in [-0.25, -0.2) is 9.97 Å². The van der Waals surface area contributed by atoms with E-state index in [2.05, 4.69) is 24.8 Å². The summed E-state index contributed by atoms with van der Waals surface area (Å²) in [6.45, 7) is 10.0. The Bertz CT molecular complexity index is 1140. The molecular weight excluding hydrogens is 489 g/mol. The maximum Gasteiger partial charge on any atom is 0.534 e. The number of anilines is 2. The fourth-order valence-corrected chi connectivity index (χ4v) is 3.43. The van der Waals surface area contributed by atoms with Crippen molar-refractivity contribution >= 4 is 33.6 Å². The molecule has 2 amide bonds. The number of hydrogen-bond acceptors (Lipinski definition) is 7. The zero-order valence-corrected chi connectivity index (χ0v) is 20.9. The lowest BCUT2D eigenvalue weighted by Crippen LogP contribution is -2.29. The largest absolute Gasteiger partial charge is 0.534 e. The van der Waals surface area contributed by atoms with Gasteiger partial charge in [0, 0.05) is 36.9 Å². The lowest BCUT2D eigenvalue weighted by atomic mass is 10.0. The second kappa shape index (κ2) is 13.0. The molecule has 4 heterocycles. The van der Waals surface area contributed by atoms with E-state index in [0.717, 1.165) is 24.5 Å². The summed E-state index contributed by atoms with van der Waals surface area (Å²) in [5, 5.41) is 5.07. The summed E-state index contributed by atoms with van der Waals surface area (Å²) in [5.41, 5.74) is -3.01. The predicted molar refractivity (Wildman–Crippen MR) is 125 cm³/mol. The number of rotatable bonds is 2. The highest BCUT2D eigenvalue weighted by Crippen LogP contribution is 2.33. The molecule has 2 aromatic rings. The number of halogens is 3. The Morgan fingerprint density at radius 3 is 1.80 bits per heavy atom. The van der Waals surface area contributed by atoms with Gasteiger partial charge in [-0.1, -0.05) is 27.7 Å². The van der Waals surface area contributed by atoms with Gasteiger partial charge in [0.1, 0.15) is 11.6 Å². The highest BCUT2D eigenvalue weighted by atomic mass is 32.2. The van der Waals surface area contributed by atoms with Gasteiger partial charge in [-0.3, -0.25) is 9.59 Å². The van der Waals surface area contributed by atoms with Gasteiger partial charge in [-0.05, 0) is 37.0 Å². The van der Waals surface area contributed by atoms with Crippen LogP contribution in [0.5, 0.6) is 5.75 Å². The molecule has 0 aromatic carbocycles. The molecule has 2 aliphatic rings. The van der Waals surface area contributed by atoms with Crippen LogP contribution in [0.15, 0.2) is 24.5 Å². The molecular formula is C22H29F3N4O5S. The molecule has 2 N–H and O–H groups in total. The van der Waals surface area contributed by atoms with Crippen LogP contribution in [0.4, 0.5) is 24.8 Å². The van der Waals surface area contributed by atoms with E-state index in [0.29, 0.717) is 6.42 Å². The number of hydrogen-bond donors (Lipinski definition) is 2. The summed E-state index contributed by atoms with van der Waals surface area (Å²) in [5.74, 6) is -0.0175. The molecule has 9 nitrogen and oxygen atoms in total. The topological polar surface area (TPSA) is 127 Å². The SMILES string of the molecule is CC.CC.Cc1ccnc2c1CCC(=O)N2.O=C1CCc2c(OS(=O)(=O)C(F)(F)F)ccnc2N1. The molecule has 13 heteroatoms. The lowest BCUT2D eigenvalue weighted by Gasteiger charge is -2.18. The quantitative estimate of drug-likeness (QED) is 0.442.